The lowest BCUT2D eigenvalue weighted by atomic mass is 9.65. The van der Waals surface area contributed by atoms with Crippen LogP contribution in [0.4, 0.5) is 0 Å². The molecule has 2 heteroatoms. The lowest BCUT2D eigenvalue weighted by Gasteiger charge is -2.41. The van der Waals surface area contributed by atoms with E-state index in [-0.39, 0.29) is 5.41 Å². The summed E-state index contributed by atoms with van der Waals surface area (Å²) in [5.41, 5.74) is 4.83. The maximum atomic E-state index is 5.43. The highest BCUT2D eigenvalue weighted by atomic mass is 32.2. The standard InChI is InChI=1S/C26H20OS/c1-27-21-17-15-20(16-18-21)26(19-9-3-2-4-10-19)22-11-5-7-13-24(22)28-25-14-8-6-12-23(25)26/h2-18H,1H3. The molecule has 0 fully saturated rings. The van der Waals surface area contributed by atoms with Gasteiger partial charge >= 0.3 is 0 Å². The number of rotatable bonds is 3. The van der Waals surface area contributed by atoms with Crippen LogP contribution in [0.1, 0.15) is 22.3 Å². The van der Waals surface area contributed by atoms with Crippen LogP contribution in [0.5, 0.6) is 5.75 Å². The van der Waals surface area contributed by atoms with Crippen LogP contribution in [-0.2, 0) is 5.41 Å². The minimum Gasteiger partial charge on any atom is -0.497 e. The molecule has 0 saturated carbocycles. The van der Waals surface area contributed by atoms with Gasteiger partial charge in [0.2, 0.25) is 0 Å². The van der Waals surface area contributed by atoms with Crippen LogP contribution in [0.25, 0.3) is 0 Å². The predicted molar refractivity (Wildman–Crippen MR) is 115 cm³/mol. The zero-order valence-electron chi connectivity index (χ0n) is 15.6. The fourth-order valence-electron chi connectivity index (χ4n) is 4.31. The second kappa shape index (κ2) is 6.88. The van der Waals surface area contributed by atoms with Gasteiger partial charge in [-0.3, -0.25) is 0 Å². The van der Waals surface area contributed by atoms with E-state index < -0.39 is 0 Å². The second-order valence-corrected chi connectivity index (χ2v) is 8.02. The summed E-state index contributed by atoms with van der Waals surface area (Å²) in [5, 5.41) is 0. The fraction of sp³-hybridized carbons (Fsp3) is 0.0769. The minimum atomic E-state index is -0.355. The molecule has 0 N–H and O–H groups in total. The van der Waals surface area contributed by atoms with Crippen molar-refractivity contribution in [1.82, 2.24) is 0 Å². The first-order valence-corrected chi connectivity index (χ1v) is 10.2. The van der Waals surface area contributed by atoms with Crippen LogP contribution in [-0.4, -0.2) is 7.11 Å². The predicted octanol–water partition coefficient (Wildman–Crippen LogP) is 6.54. The molecular formula is C26H20OS. The van der Waals surface area contributed by atoms with Crippen LogP contribution < -0.4 is 4.74 Å². The van der Waals surface area contributed by atoms with Gasteiger partial charge in [0.25, 0.3) is 0 Å². The number of ether oxygens (including phenoxy) is 1. The summed E-state index contributed by atoms with van der Waals surface area (Å²) in [4.78, 5) is 2.61. The van der Waals surface area contributed by atoms with Gasteiger partial charge < -0.3 is 4.74 Å². The van der Waals surface area contributed by atoms with E-state index in [9.17, 15) is 0 Å². The Morgan fingerprint density at radius 1 is 0.571 bits per heavy atom. The summed E-state index contributed by atoms with van der Waals surface area (Å²) in [5.74, 6) is 0.874. The molecule has 1 heterocycles. The van der Waals surface area contributed by atoms with Gasteiger partial charge in [0.15, 0.2) is 0 Å². The van der Waals surface area contributed by atoms with Crippen LogP contribution in [0.2, 0.25) is 0 Å². The topological polar surface area (TPSA) is 9.23 Å². The Hall–Kier alpha value is -2.97. The average molecular weight is 381 g/mol. The highest BCUT2D eigenvalue weighted by Crippen LogP contribution is 2.55. The van der Waals surface area contributed by atoms with E-state index in [2.05, 4.69) is 103 Å². The average Bonchev–Trinajstić information content (AvgIpc) is 2.78. The fourth-order valence-corrected chi connectivity index (χ4v) is 5.50. The first kappa shape index (κ1) is 17.2. The summed E-state index contributed by atoms with van der Waals surface area (Å²) >= 11 is 1.86. The van der Waals surface area contributed by atoms with Crippen LogP contribution in [0.15, 0.2) is 113 Å². The smallest absolute Gasteiger partial charge is 0.118 e. The molecule has 0 spiro atoms. The summed E-state index contributed by atoms with van der Waals surface area (Å²) < 4.78 is 5.43. The van der Waals surface area contributed by atoms with E-state index in [1.54, 1.807) is 7.11 Å². The van der Waals surface area contributed by atoms with E-state index in [1.165, 1.54) is 32.0 Å². The summed E-state index contributed by atoms with van der Waals surface area (Å²) in [7, 11) is 1.71. The normalized spacial score (nSPS) is 14.0. The molecule has 1 nitrogen and oxygen atoms in total. The zero-order chi connectivity index (χ0) is 19.0. The Balaban J connectivity index is 1.92. The van der Waals surface area contributed by atoms with E-state index in [0.717, 1.165) is 5.75 Å². The van der Waals surface area contributed by atoms with Gasteiger partial charge in [-0.1, -0.05) is 90.6 Å². The number of hydrogen-bond donors (Lipinski definition) is 0. The van der Waals surface area contributed by atoms with Gasteiger partial charge in [-0.2, -0.15) is 0 Å². The minimum absolute atomic E-state index is 0.355. The molecule has 4 aromatic rings. The van der Waals surface area contributed by atoms with Crippen molar-refractivity contribution >= 4 is 11.8 Å². The molecule has 0 aliphatic carbocycles. The highest BCUT2D eigenvalue weighted by molar-refractivity contribution is 7.99. The van der Waals surface area contributed by atoms with Crippen molar-refractivity contribution in [1.29, 1.82) is 0 Å². The third kappa shape index (κ3) is 2.49. The zero-order valence-corrected chi connectivity index (χ0v) is 16.4. The van der Waals surface area contributed by atoms with Gasteiger partial charge in [-0.05, 0) is 46.5 Å². The van der Waals surface area contributed by atoms with E-state index in [4.69, 9.17) is 4.74 Å². The van der Waals surface area contributed by atoms with E-state index in [1.807, 2.05) is 11.8 Å². The Labute approximate surface area is 170 Å². The molecule has 1 aliphatic heterocycles. The number of hydrogen-bond acceptors (Lipinski definition) is 2. The number of methoxy groups -OCH3 is 1. The lowest BCUT2D eigenvalue weighted by Crippen LogP contribution is -2.34. The third-order valence-electron chi connectivity index (χ3n) is 5.53. The molecule has 0 bridgehead atoms. The van der Waals surface area contributed by atoms with Crippen molar-refractivity contribution in [3.63, 3.8) is 0 Å². The molecule has 1 aliphatic rings. The molecule has 0 amide bonds. The van der Waals surface area contributed by atoms with Gasteiger partial charge in [0.05, 0.1) is 12.5 Å². The summed E-state index contributed by atoms with van der Waals surface area (Å²) in [6.07, 6.45) is 0. The molecule has 0 radical (unpaired) electrons. The van der Waals surface area contributed by atoms with Crippen LogP contribution in [0.3, 0.4) is 0 Å². The molecular weight excluding hydrogens is 360 g/mol. The molecule has 4 aromatic carbocycles. The molecule has 28 heavy (non-hydrogen) atoms. The van der Waals surface area contributed by atoms with Crippen molar-refractivity contribution in [2.75, 3.05) is 7.11 Å². The number of fused-ring (bicyclic) bond motifs is 2. The molecule has 0 aromatic heterocycles. The van der Waals surface area contributed by atoms with Crippen LogP contribution >= 0.6 is 11.8 Å². The largest absolute Gasteiger partial charge is 0.497 e. The summed E-state index contributed by atoms with van der Waals surface area (Å²) in [6, 6.07) is 36.9. The maximum Gasteiger partial charge on any atom is 0.118 e. The van der Waals surface area contributed by atoms with Crippen molar-refractivity contribution in [2.45, 2.75) is 15.2 Å². The Kier molecular flexibility index (Phi) is 4.22. The molecule has 0 unspecified atom stereocenters. The van der Waals surface area contributed by atoms with E-state index >= 15 is 0 Å². The third-order valence-corrected chi connectivity index (χ3v) is 6.68. The SMILES string of the molecule is COc1ccc(C2(c3ccccc3)c3ccccc3Sc3ccccc32)cc1. The van der Waals surface area contributed by atoms with Crippen molar-refractivity contribution < 1.29 is 4.74 Å². The number of benzene rings is 4. The van der Waals surface area contributed by atoms with E-state index in [0.29, 0.717) is 0 Å². The Bertz CT molecular complexity index is 1070. The quantitative estimate of drug-likeness (QED) is 0.351. The Morgan fingerprint density at radius 2 is 1.07 bits per heavy atom. The van der Waals surface area contributed by atoms with Gasteiger partial charge in [0, 0.05) is 9.79 Å². The molecule has 0 atom stereocenters. The van der Waals surface area contributed by atoms with Crippen molar-refractivity contribution in [2.24, 2.45) is 0 Å². The highest BCUT2D eigenvalue weighted by Gasteiger charge is 2.43. The first-order chi connectivity index (χ1) is 13.8. The van der Waals surface area contributed by atoms with Crippen LogP contribution in [0, 0.1) is 0 Å². The molecule has 136 valence electrons. The van der Waals surface area contributed by atoms with Crippen molar-refractivity contribution in [3.8, 4) is 5.75 Å². The Morgan fingerprint density at radius 3 is 1.64 bits per heavy atom. The molecule has 5 rings (SSSR count). The monoisotopic (exact) mass is 380 g/mol. The maximum absolute atomic E-state index is 5.43. The van der Waals surface area contributed by atoms with Gasteiger partial charge in [-0.25, -0.2) is 0 Å². The van der Waals surface area contributed by atoms with Gasteiger partial charge in [0.1, 0.15) is 5.75 Å². The second-order valence-electron chi connectivity index (χ2n) is 6.94. The van der Waals surface area contributed by atoms with Gasteiger partial charge in [-0.15, -0.1) is 0 Å². The molecule has 0 saturated heterocycles. The lowest BCUT2D eigenvalue weighted by molar-refractivity contribution is 0.414. The summed E-state index contributed by atoms with van der Waals surface area (Å²) in [6.45, 7) is 0. The van der Waals surface area contributed by atoms with Crippen molar-refractivity contribution in [3.05, 3.63) is 125 Å². The first-order valence-electron chi connectivity index (χ1n) is 9.41.